The number of imide groups is 1. The molecule has 0 bridgehead atoms. The Morgan fingerprint density at radius 1 is 1.00 bits per heavy atom. The second-order valence-corrected chi connectivity index (χ2v) is 10.2. The van der Waals surface area contributed by atoms with Crippen LogP contribution in [0, 0.1) is 5.92 Å². The van der Waals surface area contributed by atoms with Gasteiger partial charge in [-0.25, -0.2) is 14.5 Å². The Labute approximate surface area is 200 Å². The lowest BCUT2D eigenvalue weighted by atomic mass is 10.0. The van der Waals surface area contributed by atoms with E-state index >= 15 is 0 Å². The van der Waals surface area contributed by atoms with Crippen molar-refractivity contribution in [1.29, 1.82) is 0 Å². The first-order chi connectivity index (χ1) is 16.1. The monoisotopic (exact) mass is 471 g/mol. The van der Waals surface area contributed by atoms with Crippen molar-refractivity contribution >= 4 is 24.0 Å². The summed E-state index contributed by atoms with van der Waals surface area (Å²) in [4.78, 5) is 56.4. The highest BCUT2D eigenvalue weighted by molar-refractivity contribution is 5.97. The molecule has 3 aliphatic rings. The molecule has 0 aliphatic carbocycles. The molecule has 0 unspecified atom stereocenters. The fourth-order valence-corrected chi connectivity index (χ4v) is 5.24. The third-order valence-electron chi connectivity index (χ3n) is 6.74. The summed E-state index contributed by atoms with van der Waals surface area (Å²) in [5, 5.41) is 0. The molecule has 1 aromatic rings. The lowest BCUT2D eigenvalue weighted by Crippen LogP contribution is -2.51. The zero-order valence-corrected chi connectivity index (χ0v) is 20.2. The number of hydrogen-bond donors (Lipinski definition) is 0. The highest BCUT2D eigenvalue weighted by atomic mass is 16.6. The molecule has 1 aromatic carbocycles. The van der Waals surface area contributed by atoms with Crippen LogP contribution in [0.4, 0.5) is 9.59 Å². The number of carbonyl (C=O) groups is 4. The van der Waals surface area contributed by atoms with Crippen molar-refractivity contribution in [3.05, 3.63) is 35.9 Å². The molecule has 9 heteroatoms. The first-order valence-corrected chi connectivity index (χ1v) is 11.9. The number of nitrogens with zero attached hydrogens (tertiary/aromatic N) is 3. The van der Waals surface area contributed by atoms with E-state index < -0.39 is 41.8 Å². The number of fused-ring (bicyclic) bond motifs is 1. The Kier molecular flexibility index (Phi) is 6.55. The van der Waals surface area contributed by atoms with Gasteiger partial charge in [0.25, 0.3) is 0 Å². The summed E-state index contributed by atoms with van der Waals surface area (Å²) >= 11 is 0. The van der Waals surface area contributed by atoms with E-state index in [2.05, 4.69) is 0 Å². The molecule has 0 radical (unpaired) electrons. The number of rotatable bonds is 3. The molecule has 4 rings (SSSR count). The van der Waals surface area contributed by atoms with E-state index in [9.17, 15) is 19.2 Å². The van der Waals surface area contributed by atoms with Crippen LogP contribution in [0.5, 0.6) is 0 Å². The molecular formula is C25H33N3O6. The van der Waals surface area contributed by atoms with Crippen LogP contribution in [0.25, 0.3) is 0 Å². The summed E-state index contributed by atoms with van der Waals surface area (Å²) in [5.74, 6) is -1.04. The summed E-state index contributed by atoms with van der Waals surface area (Å²) < 4.78 is 10.9. The van der Waals surface area contributed by atoms with Crippen LogP contribution in [0.2, 0.25) is 0 Å². The van der Waals surface area contributed by atoms with Crippen LogP contribution in [0.3, 0.4) is 0 Å². The third kappa shape index (κ3) is 4.60. The molecule has 34 heavy (non-hydrogen) atoms. The fourth-order valence-electron chi connectivity index (χ4n) is 5.24. The SMILES string of the molecule is C[C@@H]1C(=O)N(C(=O)OC(C)(C)C)[C@H]2CCN(C(=O)[C@@H]3CCCN3C(=O)OCc3ccccc3)[C@H]12. The molecule has 4 amide bonds. The van der Waals surface area contributed by atoms with Gasteiger partial charge < -0.3 is 14.4 Å². The van der Waals surface area contributed by atoms with Gasteiger partial charge >= 0.3 is 12.2 Å². The third-order valence-corrected chi connectivity index (χ3v) is 6.74. The van der Waals surface area contributed by atoms with Gasteiger partial charge in [0.15, 0.2) is 0 Å². The summed E-state index contributed by atoms with van der Waals surface area (Å²) in [7, 11) is 0. The van der Waals surface area contributed by atoms with Gasteiger partial charge in [0.05, 0.1) is 18.0 Å². The van der Waals surface area contributed by atoms with Gasteiger partial charge in [-0.05, 0) is 45.6 Å². The first kappa shape index (κ1) is 24.0. The van der Waals surface area contributed by atoms with E-state index in [-0.39, 0.29) is 18.4 Å². The van der Waals surface area contributed by atoms with Crippen LogP contribution in [0.15, 0.2) is 30.3 Å². The van der Waals surface area contributed by atoms with Crippen LogP contribution < -0.4 is 0 Å². The lowest BCUT2D eigenvalue weighted by Gasteiger charge is -2.31. The molecule has 0 aromatic heterocycles. The molecule has 3 heterocycles. The summed E-state index contributed by atoms with van der Waals surface area (Å²) in [6.45, 7) is 8.02. The second kappa shape index (κ2) is 9.27. The van der Waals surface area contributed by atoms with E-state index in [4.69, 9.17) is 9.47 Å². The van der Waals surface area contributed by atoms with E-state index in [1.165, 1.54) is 9.80 Å². The van der Waals surface area contributed by atoms with Gasteiger partial charge in [-0.15, -0.1) is 0 Å². The highest BCUT2D eigenvalue weighted by Gasteiger charge is 2.57. The average molecular weight is 472 g/mol. The quantitative estimate of drug-likeness (QED) is 0.672. The molecule has 0 saturated carbocycles. The van der Waals surface area contributed by atoms with Gasteiger partial charge in [0.1, 0.15) is 18.2 Å². The summed E-state index contributed by atoms with van der Waals surface area (Å²) in [5.41, 5.74) is 0.151. The number of likely N-dealkylation sites (tertiary alicyclic amines) is 3. The van der Waals surface area contributed by atoms with Crippen LogP contribution in [0.1, 0.15) is 52.5 Å². The Morgan fingerprint density at radius 3 is 2.38 bits per heavy atom. The lowest BCUT2D eigenvalue weighted by molar-refractivity contribution is -0.137. The maximum atomic E-state index is 13.6. The van der Waals surface area contributed by atoms with Crippen molar-refractivity contribution in [2.24, 2.45) is 5.92 Å². The van der Waals surface area contributed by atoms with E-state index in [0.29, 0.717) is 32.4 Å². The zero-order chi connectivity index (χ0) is 24.6. The molecule has 9 nitrogen and oxygen atoms in total. The second-order valence-electron chi connectivity index (χ2n) is 10.2. The first-order valence-electron chi connectivity index (χ1n) is 11.9. The smallest absolute Gasteiger partial charge is 0.417 e. The zero-order valence-electron chi connectivity index (χ0n) is 20.2. The van der Waals surface area contributed by atoms with Gasteiger partial charge in [-0.1, -0.05) is 37.3 Å². The van der Waals surface area contributed by atoms with Crippen molar-refractivity contribution in [2.75, 3.05) is 13.1 Å². The van der Waals surface area contributed by atoms with Crippen molar-refractivity contribution in [3.63, 3.8) is 0 Å². The molecule has 0 N–H and O–H groups in total. The Balaban J connectivity index is 1.44. The molecule has 0 spiro atoms. The number of amides is 4. The summed E-state index contributed by atoms with van der Waals surface area (Å²) in [6.07, 6.45) is 0.568. The van der Waals surface area contributed by atoms with E-state index in [1.807, 2.05) is 30.3 Å². The standard InChI is InChI=1S/C25H33N3O6/c1-16-20-18(28(21(16)29)24(32)34-25(2,3)4)12-14-27(20)22(30)19-11-8-13-26(19)23(31)33-15-17-9-6-5-7-10-17/h5-7,9-10,16,18-20H,8,11-15H2,1-4H3/t16-,18-,19-,20+/m0/s1. The Morgan fingerprint density at radius 2 is 1.71 bits per heavy atom. The predicted molar refractivity (Wildman–Crippen MR) is 123 cm³/mol. The number of benzene rings is 1. The topological polar surface area (TPSA) is 96.5 Å². The molecule has 184 valence electrons. The summed E-state index contributed by atoms with van der Waals surface area (Å²) in [6, 6.07) is 7.93. The minimum Gasteiger partial charge on any atom is -0.445 e. The normalized spacial score (nSPS) is 26.6. The number of carbonyl (C=O) groups excluding carboxylic acids is 4. The van der Waals surface area contributed by atoms with Gasteiger partial charge in [-0.2, -0.15) is 0 Å². The van der Waals surface area contributed by atoms with E-state index in [0.717, 1.165) is 5.56 Å². The van der Waals surface area contributed by atoms with Crippen LogP contribution >= 0.6 is 0 Å². The number of ether oxygens (including phenoxy) is 2. The Hall–Kier alpha value is -3.10. The molecule has 3 fully saturated rings. The van der Waals surface area contributed by atoms with E-state index in [1.54, 1.807) is 32.6 Å². The Bertz CT molecular complexity index is 959. The number of hydrogen-bond acceptors (Lipinski definition) is 6. The largest absolute Gasteiger partial charge is 0.445 e. The molecule has 3 saturated heterocycles. The maximum Gasteiger partial charge on any atom is 0.417 e. The van der Waals surface area contributed by atoms with Crippen molar-refractivity contribution < 1.29 is 28.7 Å². The minimum atomic E-state index is -0.725. The van der Waals surface area contributed by atoms with Crippen LogP contribution in [-0.2, 0) is 25.7 Å². The van der Waals surface area contributed by atoms with Crippen LogP contribution in [-0.4, -0.2) is 75.5 Å². The van der Waals surface area contributed by atoms with Crippen molar-refractivity contribution in [3.8, 4) is 0 Å². The van der Waals surface area contributed by atoms with Crippen molar-refractivity contribution in [1.82, 2.24) is 14.7 Å². The average Bonchev–Trinajstić information content (AvgIpc) is 3.48. The minimum absolute atomic E-state index is 0.141. The van der Waals surface area contributed by atoms with Gasteiger partial charge in [-0.3, -0.25) is 14.5 Å². The fraction of sp³-hybridized carbons (Fsp3) is 0.600. The molecule has 3 aliphatic heterocycles. The van der Waals surface area contributed by atoms with Gasteiger partial charge in [0.2, 0.25) is 11.8 Å². The van der Waals surface area contributed by atoms with Gasteiger partial charge in [0, 0.05) is 13.1 Å². The maximum absolute atomic E-state index is 13.6. The predicted octanol–water partition coefficient (Wildman–Crippen LogP) is 3.17. The highest BCUT2D eigenvalue weighted by Crippen LogP contribution is 2.38. The molecule has 4 atom stereocenters. The van der Waals surface area contributed by atoms with Crippen molar-refractivity contribution in [2.45, 2.75) is 77.3 Å². The molecular weight excluding hydrogens is 438 g/mol.